The van der Waals surface area contributed by atoms with Crippen LogP contribution >= 0.6 is 0 Å². The number of piperazine rings is 1. The molecule has 0 saturated carbocycles. The Morgan fingerprint density at radius 3 is 2.43 bits per heavy atom. The molecule has 21 heavy (non-hydrogen) atoms. The third kappa shape index (κ3) is 3.73. The van der Waals surface area contributed by atoms with Crippen LogP contribution in [0.2, 0.25) is 0 Å². The molecule has 3 rings (SSSR count). The van der Waals surface area contributed by atoms with Crippen molar-refractivity contribution in [1.82, 2.24) is 9.88 Å². The van der Waals surface area contributed by atoms with E-state index < -0.39 is 0 Å². The summed E-state index contributed by atoms with van der Waals surface area (Å²) in [5.41, 5.74) is 9.16. The average Bonchev–Trinajstić information content (AvgIpc) is 2.55. The molecule has 1 fully saturated rings. The number of hydrogen-bond donors (Lipinski definition) is 1. The smallest absolute Gasteiger partial charge is 0.0368 e. The minimum absolute atomic E-state index is 0.828. The highest BCUT2D eigenvalue weighted by Gasteiger charge is 2.16. The van der Waals surface area contributed by atoms with E-state index in [1.165, 1.54) is 11.3 Å². The normalized spacial score (nSPS) is 16.1. The second kappa shape index (κ2) is 6.59. The minimum Gasteiger partial charge on any atom is -0.399 e. The van der Waals surface area contributed by atoms with Gasteiger partial charge < -0.3 is 10.6 Å². The fourth-order valence-corrected chi connectivity index (χ4v) is 2.75. The molecule has 0 spiro atoms. The first-order valence-corrected chi connectivity index (χ1v) is 7.53. The van der Waals surface area contributed by atoms with Gasteiger partial charge in [-0.3, -0.25) is 9.88 Å². The molecule has 110 valence electrons. The van der Waals surface area contributed by atoms with E-state index in [0.29, 0.717) is 0 Å². The molecule has 2 heterocycles. The zero-order chi connectivity index (χ0) is 14.5. The molecular formula is C17H22N4. The van der Waals surface area contributed by atoms with Gasteiger partial charge in [-0.2, -0.15) is 0 Å². The number of anilines is 2. The van der Waals surface area contributed by atoms with Gasteiger partial charge in [-0.1, -0.05) is 6.07 Å². The molecule has 1 saturated heterocycles. The van der Waals surface area contributed by atoms with Gasteiger partial charge in [-0.05, 0) is 42.3 Å². The van der Waals surface area contributed by atoms with Gasteiger partial charge in [0.1, 0.15) is 0 Å². The number of benzene rings is 1. The maximum atomic E-state index is 5.74. The summed E-state index contributed by atoms with van der Waals surface area (Å²) < 4.78 is 0. The highest BCUT2D eigenvalue weighted by Crippen LogP contribution is 2.18. The molecule has 4 nitrogen and oxygen atoms in total. The number of hydrogen-bond acceptors (Lipinski definition) is 4. The van der Waals surface area contributed by atoms with Gasteiger partial charge >= 0.3 is 0 Å². The van der Waals surface area contributed by atoms with Crippen molar-refractivity contribution in [3.8, 4) is 0 Å². The zero-order valence-electron chi connectivity index (χ0n) is 12.3. The van der Waals surface area contributed by atoms with Gasteiger partial charge in [0.25, 0.3) is 0 Å². The minimum atomic E-state index is 0.828. The van der Waals surface area contributed by atoms with Crippen molar-refractivity contribution in [2.24, 2.45) is 0 Å². The molecule has 0 atom stereocenters. The molecule has 4 heteroatoms. The molecule has 1 aliphatic heterocycles. The molecular weight excluding hydrogens is 260 g/mol. The van der Waals surface area contributed by atoms with E-state index in [0.717, 1.165) is 44.8 Å². The predicted octanol–water partition coefficient (Wildman–Crippen LogP) is 2.03. The van der Waals surface area contributed by atoms with Crippen molar-refractivity contribution in [2.45, 2.75) is 6.42 Å². The molecule has 0 radical (unpaired) electrons. The van der Waals surface area contributed by atoms with E-state index in [-0.39, 0.29) is 0 Å². The van der Waals surface area contributed by atoms with Crippen LogP contribution in [0.3, 0.4) is 0 Å². The number of pyridine rings is 1. The Morgan fingerprint density at radius 1 is 1.00 bits per heavy atom. The van der Waals surface area contributed by atoms with E-state index in [2.05, 4.69) is 33.0 Å². The van der Waals surface area contributed by atoms with Gasteiger partial charge in [0, 0.05) is 56.5 Å². The monoisotopic (exact) mass is 282 g/mol. The predicted molar refractivity (Wildman–Crippen MR) is 87.4 cm³/mol. The number of nitrogens with two attached hydrogens (primary N) is 1. The summed E-state index contributed by atoms with van der Waals surface area (Å²) in [6.45, 7) is 5.50. The van der Waals surface area contributed by atoms with Crippen LogP contribution in [-0.2, 0) is 6.42 Å². The molecule has 1 aromatic carbocycles. The third-order valence-corrected chi connectivity index (χ3v) is 4.07. The maximum absolute atomic E-state index is 5.74. The van der Waals surface area contributed by atoms with E-state index in [4.69, 9.17) is 5.73 Å². The standard InChI is InChI=1S/C17H22N4/c18-16-3-5-17(6-4-16)21-12-10-20(11-13-21)9-7-15-2-1-8-19-14-15/h1-6,8,14H,7,9-13,18H2. The lowest BCUT2D eigenvalue weighted by atomic mass is 10.2. The Bertz CT molecular complexity index is 545. The van der Waals surface area contributed by atoms with Gasteiger partial charge in [0.05, 0.1) is 0 Å². The van der Waals surface area contributed by atoms with Crippen molar-refractivity contribution < 1.29 is 0 Å². The van der Waals surface area contributed by atoms with Crippen molar-refractivity contribution >= 4 is 11.4 Å². The Balaban J connectivity index is 1.48. The van der Waals surface area contributed by atoms with Crippen LogP contribution < -0.4 is 10.6 Å². The molecule has 0 bridgehead atoms. The van der Waals surface area contributed by atoms with E-state index in [9.17, 15) is 0 Å². The van der Waals surface area contributed by atoms with E-state index in [1.54, 1.807) is 0 Å². The van der Waals surface area contributed by atoms with Crippen molar-refractivity contribution in [2.75, 3.05) is 43.4 Å². The van der Waals surface area contributed by atoms with E-state index >= 15 is 0 Å². The summed E-state index contributed by atoms with van der Waals surface area (Å²) in [6.07, 6.45) is 4.87. The largest absolute Gasteiger partial charge is 0.399 e. The summed E-state index contributed by atoms with van der Waals surface area (Å²) in [6, 6.07) is 12.3. The molecule has 0 unspecified atom stereocenters. The highest BCUT2D eigenvalue weighted by atomic mass is 15.3. The highest BCUT2D eigenvalue weighted by molar-refractivity contribution is 5.53. The van der Waals surface area contributed by atoms with Crippen LogP contribution in [-0.4, -0.2) is 42.6 Å². The Labute approximate surface area is 126 Å². The van der Waals surface area contributed by atoms with Crippen LogP contribution in [0.15, 0.2) is 48.8 Å². The molecule has 0 aliphatic carbocycles. The summed E-state index contributed by atoms with van der Waals surface area (Å²) in [5, 5.41) is 0. The number of nitrogens with zero attached hydrogens (tertiary/aromatic N) is 3. The summed E-state index contributed by atoms with van der Waals surface area (Å²) in [7, 11) is 0. The summed E-state index contributed by atoms with van der Waals surface area (Å²) >= 11 is 0. The maximum Gasteiger partial charge on any atom is 0.0368 e. The van der Waals surface area contributed by atoms with Gasteiger partial charge in [-0.25, -0.2) is 0 Å². The van der Waals surface area contributed by atoms with Crippen LogP contribution in [0, 0.1) is 0 Å². The second-order valence-electron chi connectivity index (χ2n) is 5.53. The molecule has 1 aliphatic rings. The lowest BCUT2D eigenvalue weighted by molar-refractivity contribution is 0.261. The fourth-order valence-electron chi connectivity index (χ4n) is 2.75. The van der Waals surface area contributed by atoms with Gasteiger partial charge in [0.15, 0.2) is 0 Å². The van der Waals surface area contributed by atoms with Crippen LogP contribution in [0.1, 0.15) is 5.56 Å². The molecule has 1 aromatic heterocycles. The van der Waals surface area contributed by atoms with Gasteiger partial charge in [-0.15, -0.1) is 0 Å². The first-order valence-electron chi connectivity index (χ1n) is 7.53. The average molecular weight is 282 g/mol. The fraction of sp³-hybridized carbons (Fsp3) is 0.353. The third-order valence-electron chi connectivity index (χ3n) is 4.07. The molecule has 2 aromatic rings. The SMILES string of the molecule is Nc1ccc(N2CCN(CCc3cccnc3)CC2)cc1. The Hall–Kier alpha value is -2.07. The van der Waals surface area contributed by atoms with Crippen molar-refractivity contribution in [3.05, 3.63) is 54.4 Å². The summed E-state index contributed by atoms with van der Waals surface area (Å²) in [4.78, 5) is 9.13. The van der Waals surface area contributed by atoms with Gasteiger partial charge in [0.2, 0.25) is 0 Å². The second-order valence-corrected chi connectivity index (χ2v) is 5.53. The molecule has 0 amide bonds. The summed E-state index contributed by atoms with van der Waals surface area (Å²) in [5.74, 6) is 0. The first kappa shape index (κ1) is 13.9. The number of aromatic nitrogens is 1. The zero-order valence-corrected chi connectivity index (χ0v) is 12.3. The van der Waals surface area contributed by atoms with Crippen LogP contribution in [0.5, 0.6) is 0 Å². The topological polar surface area (TPSA) is 45.4 Å². The van der Waals surface area contributed by atoms with Crippen LogP contribution in [0.25, 0.3) is 0 Å². The number of nitrogen functional groups attached to an aromatic ring is 1. The Morgan fingerprint density at radius 2 is 1.76 bits per heavy atom. The van der Waals surface area contributed by atoms with Crippen molar-refractivity contribution in [3.63, 3.8) is 0 Å². The Kier molecular flexibility index (Phi) is 4.36. The lowest BCUT2D eigenvalue weighted by Gasteiger charge is -2.36. The van der Waals surface area contributed by atoms with Crippen LogP contribution in [0.4, 0.5) is 11.4 Å². The molecule has 2 N–H and O–H groups in total. The number of rotatable bonds is 4. The lowest BCUT2D eigenvalue weighted by Crippen LogP contribution is -2.47. The van der Waals surface area contributed by atoms with E-state index in [1.807, 2.05) is 30.6 Å². The van der Waals surface area contributed by atoms with Crippen molar-refractivity contribution in [1.29, 1.82) is 0 Å². The quantitative estimate of drug-likeness (QED) is 0.872. The first-order chi connectivity index (χ1) is 10.3.